The van der Waals surface area contributed by atoms with Crippen LogP contribution < -0.4 is 10.5 Å². The monoisotopic (exact) mass is 344 g/mol. The molecule has 2 rings (SSSR count). The van der Waals surface area contributed by atoms with E-state index in [1.54, 1.807) is 0 Å². The standard InChI is InChI=1S/C14H17FN2O5S/c1-8-10(15)4-9(13(19)20)5-11(8)23(21,22)17-7-14(2-3-14)6-12(16)18/h4-5,17H,2-3,6-7H2,1H3,(H2,16,18)(H,19,20). The maximum Gasteiger partial charge on any atom is 0.335 e. The summed E-state index contributed by atoms with van der Waals surface area (Å²) in [4.78, 5) is 21.5. The van der Waals surface area contributed by atoms with Crippen molar-refractivity contribution in [3.05, 3.63) is 29.1 Å². The first-order valence-electron chi connectivity index (χ1n) is 6.88. The fraction of sp³-hybridized carbons (Fsp3) is 0.429. The second kappa shape index (κ2) is 5.89. The molecule has 1 saturated carbocycles. The minimum atomic E-state index is -4.10. The summed E-state index contributed by atoms with van der Waals surface area (Å²) in [6, 6.07) is 1.68. The van der Waals surface area contributed by atoms with Crippen LogP contribution in [-0.2, 0) is 14.8 Å². The number of amides is 1. The van der Waals surface area contributed by atoms with Gasteiger partial charge in [0.25, 0.3) is 0 Å². The Bertz CT molecular complexity index is 772. The number of benzene rings is 1. The van der Waals surface area contributed by atoms with Crippen LogP contribution in [0.3, 0.4) is 0 Å². The highest BCUT2D eigenvalue weighted by Crippen LogP contribution is 2.48. The molecular formula is C14H17FN2O5S. The van der Waals surface area contributed by atoms with E-state index in [4.69, 9.17) is 10.8 Å². The Morgan fingerprint density at radius 3 is 2.48 bits per heavy atom. The van der Waals surface area contributed by atoms with E-state index >= 15 is 0 Å². The fourth-order valence-electron chi connectivity index (χ4n) is 2.34. The summed E-state index contributed by atoms with van der Waals surface area (Å²) in [6.07, 6.45) is 1.40. The Balaban J connectivity index is 2.26. The lowest BCUT2D eigenvalue weighted by atomic mass is 10.0. The average molecular weight is 344 g/mol. The van der Waals surface area contributed by atoms with Crippen LogP contribution >= 0.6 is 0 Å². The Morgan fingerprint density at radius 1 is 1.39 bits per heavy atom. The van der Waals surface area contributed by atoms with Crippen molar-refractivity contribution >= 4 is 21.9 Å². The van der Waals surface area contributed by atoms with Gasteiger partial charge in [-0.3, -0.25) is 4.79 Å². The summed E-state index contributed by atoms with van der Waals surface area (Å²) >= 11 is 0. The Morgan fingerprint density at radius 2 is 2.00 bits per heavy atom. The molecule has 1 aromatic rings. The number of carboxylic acids is 1. The predicted molar refractivity (Wildman–Crippen MR) is 78.8 cm³/mol. The minimum Gasteiger partial charge on any atom is -0.478 e. The van der Waals surface area contributed by atoms with Gasteiger partial charge in [0.15, 0.2) is 0 Å². The number of halogens is 1. The summed E-state index contributed by atoms with van der Waals surface area (Å²) in [6.45, 7) is 1.25. The number of hydrogen-bond acceptors (Lipinski definition) is 4. The third-order valence-electron chi connectivity index (χ3n) is 3.98. The van der Waals surface area contributed by atoms with Gasteiger partial charge in [-0.25, -0.2) is 22.3 Å². The molecule has 7 nitrogen and oxygen atoms in total. The van der Waals surface area contributed by atoms with Crippen LogP contribution in [0, 0.1) is 18.2 Å². The first-order valence-corrected chi connectivity index (χ1v) is 8.36. The molecule has 1 aliphatic rings. The van der Waals surface area contributed by atoms with Gasteiger partial charge in [-0.2, -0.15) is 0 Å². The van der Waals surface area contributed by atoms with E-state index in [1.807, 2.05) is 0 Å². The number of carboxylic acid groups (broad SMARTS) is 1. The number of nitrogens with two attached hydrogens (primary N) is 1. The Labute approximate surface area is 132 Å². The van der Waals surface area contributed by atoms with Crippen molar-refractivity contribution in [2.24, 2.45) is 11.1 Å². The molecule has 0 bridgehead atoms. The zero-order valence-corrected chi connectivity index (χ0v) is 13.2. The second-order valence-electron chi connectivity index (χ2n) is 5.85. The predicted octanol–water partition coefficient (Wildman–Crippen LogP) is 0.766. The highest BCUT2D eigenvalue weighted by atomic mass is 32.2. The van der Waals surface area contributed by atoms with Gasteiger partial charge in [0.1, 0.15) is 5.82 Å². The molecule has 1 fully saturated rings. The van der Waals surface area contributed by atoms with E-state index in [-0.39, 0.29) is 18.5 Å². The summed E-state index contributed by atoms with van der Waals surface area (Å²) in [5.41, 5.74) is 4.03. The molecule has 1 amide bonds. The summed E-state index contributed by atoms with van der Waals surface area (Å²) < 4.78 is 40.8. The molecule has 0 aromatic heterocycles. The van der Waals surface area contributed by atoms with Gasteiger partial charge in [0.2, 0.25) is 15.9 Å². The van der Waals surface area contributed by atoms with Crippen molar-refractivity contribution in [2.75, 3.05) is 6.54 Å². The number of hydrogen-bond donors (Lipinski definition) is 3. The van der Waals surface area contributed by atoms with Crippen LogP contribution in [0.1, 0.15) is 35.2 Å². The van der Waals surface area contributed by atoms with Crippen LogP contribution in [0.2, 0.25) is 0 Å². The smallest absolute Gasteiger partial charge is 0.335 e. The number of primary amides is 1. The van der Waals surface area contributed by atoms with E-state index in [2.05, 4.69) is 4.72 Å². The molecular weight excluding hydrogens is 327 g/mol. The van der Waals surface area contributed by atoms with Gasteiger partial charge in [-0.1, -0.05) is 0 Å². The summed E-state index contributed by atoms with van der Waals surface area (Å²) in [7, 11) is -4.10. The topological polar surface area (TPSA) is 127 Å². The second-order valence-corrected chi connectivity index (χ2v) is 7.59. The van der Waals surface area contributed by atoms with E-state index in [9.17, 15) is 22.4 Å². The quantitative estimate of drug-likeness (QED) is 0.673. The number of aromatic carboxylic acids is 1. The van der Waals surface area contributed by atoms with Gasteiger partial charge < -0.3 is 10.8 Å². The molecule has 0 unspecified atom stereocenters. The zero-order valence-electron chi connectivity index (χ0n) is 12.4. The van der Waals surface area contributed by atoms with Crippen LogP contribution in [0.4, 0.5) is 4.39 Å². The minimum absolute atomic E-state index is 0.00334. The van der Waals surface area contributed by atoms with Crippen molar-refractivity contribution in [3.8, 4) is 0 Å². The van der Waals surface area contributed by atoms with Crippen molar-refractivity contribution in [3.63, 3.8) is 0 Å². The molecule has 0 radical (unpaired) electrons. The molecule has 1 aromatic carbocycles. The number of carbonyl (C=O) groups excluding carboxylic acids is 1. The maximum absolute atomic E-state index is 13.8. The molecule has 0 atom stereocenters. The van der Waals surface area contributed by atoms with Gasteiger partial charge in [0, 0.05) is 18.5 Å². The van der Waals surface area contributed by atoms with Crippen LogP contribution in [-0.4, -0.2) is 31.9 Å². The highest BCUT2D eigenvalue weighted by Gasteiger charge is 2.44. The van der Waals surface area contributed by atoms with Gasteiger partial charge in [0.05, 0.1) is 10.5 Å². The third-order valence-corrected chi connectivity index (χ3v) is 5.50. The van der Waals surface area contributed by atoms with Crippen molar-refractivity contribution in [1.29, 1.82) is 0 Å². The zero-order chi connectivity index (χ0) is 17.4. The summed E-state index contributed by atoms with van der Waals surface area (Å²) in [5.74, 6) is -2.85. The molecule has 126 valence electrons. The highest BCUT2D eigenvalue weighted by molar-refractivity contribution is 7.89. The normalized spacial score (nSPS) is 16.1. The molecule has 0 aliphatic heterocycles. The summed E-state index contributed by atoms with van der Waals surface area (Å²) in [5, 5.41) is 8.93. The lowest BCUT2D eigenvalue weighted by Crippen LogP contribution is -2.33. The first kappa shape index (κ1) is 17.4. The number of rotatable bonds is 7. The number of sulfonamides is 1. The largest absolute Gasteiger partial charge is 0.478 e. The van der Waals surface area contributed by atoms with Gasteiger partial charge in [-0.05, 0) is 37.3 Å². The van der Waals surface area contributed by atoms with Gasteiger partial charge in [-0.15, -0.1) is 0 Å². The molecule has 9 heteroatoms. The molecule has 1 aliphatic carbocycles. The molecule has 23 heavy (non-hydrogen) atoms. The van der Waals surface area contributed by atoms with E-state index in [0.29, 0.717) is 12.8 Å². The van der Waals surface area contributed by atoms with Crippen LogP contribution in [0.25, 0.3) is 0 Å². The van der Waals surface area contributed by atoms with Crippen LogP contribution in [0.5, 0.6) is 0 Å². The van der Waals surface area contributed by atoms with Crippen molar-refractivity contribution in [2.45, 2.75) is 31.1 Å². The number of carbonyl (C=O) groups is 2. The molecule has 0 heterocycles. The van der Waals surface area contributed by atoms with Crippen LogP contribution in [0.15, 0.2) is 17.0 Å². The molecule has 4 N–H and O–H groups in total. The van der Waals surface area contributed by atoms with E-state index in [0.717, 1.165) is 12.1 Å². The first-order chi connectivity index (χ1) is 10.6. The maximum atomic E-state index is 13.8. The van der Waals surface area contributed by atoms with E-state index < -0.39 is 43.6 Å². The SMILES string of the molecule is Cc1c(F)cc(C(=O)O)cc1S(=O)(=O)NCC1(CC(N)=O)CC1. The van der Waals surface area contributed by atoms with Gasteiger partial charge >= 0.3 is 5.97 Å². The van der Waals surface area contributed by atoms with Crippen molar-refractivity contribution in [1.82, 2.24) is 4.72 Å². The Hall–Kier alpha value is -2.00. The lowest BCUT2D eigenvalue weighted by Gasteiger charge is -2.16. The average Bonchev–Trinajstić information content (AvgIpc) is 3.18. The third kappa shape index (κ3) is 3.85. The molecule has 0 spiro atoms. The fourth-order valence-corrected chi connectivity index (χ4v) is 3.78. The lowest BCUT2D eigenvalue weighted by molar-refractivity contribution is -0.119. The van der Waals surface area contributed by atoms with E-state index in [1.165, 1.54) is 6.92 Å². The van der Waals surface area contributed by atoms with Crippen molar-refractivity contribution < 1.29 is 27.5 Å². The Kier molecular flexibility index (Phi) is 4.45. The molecule has 0 saturated heterocycles. The number of nitrogens with one attached hydrogen (secondary N) is 1.